The van der Waals surface area contributed by atoms with Crippen molar-refractivity contribution < 1.29 is 9.53 Å². The van der Waals surface area contributed by atoms with Gasteiger partial charge in [-0.05, 0) is 5.92 Å². The molecule has 0 saturated carbocycles. The topological polar surface area (TPSA) is 67.7 Å². The molecule has 0 aliphatic carbocycles. The molecule has 2 heterocycles. The van der Waals surface area contributed by atoms with Gasteiger partial charge in [-0.3, -0.25) is 9.59 Å². The van der Waals surface area contributed by atoms with Gasteiger partial charge in [0, 0.05) is 39.1 Å². The second kappa shape index (κ2) is 7.40. The quantitative estimate of drug-likeness (QED) is 0.777. The molecular weight excluding hydrogens is 284 g/mol. The number of anilines is 1. The van der Waals surface area contributed by atoms with Crippen molar-refractivity contribution in [2.75, 3.05) is 44.8 Å². The van der Waals surface area contributed by atoms with E-state index < -0.39 is 0 Å². The number of hydrogen-bond acceptors (Lipinski definition) is 5. The maximum absolute atomic E-state index is 12.4. The van der Waals surface area contributed by atoms with Crippen LogP contribution in [0.2, 0.25) is 0 Å². The van der Waals surface area contributed by atoms with Crippen molar-refractivity contribution in [3.63, 3.8) is 0 Å². The molecule has 1 fully saturated rings. The van der Waals surface area contributed by atoms with Gasteiger partial charge in [0.2, 0.25) is 5.91 Å². The van der Waals surface area contributed by atoms with Gasteiger partial charge in [0.1, 0.15) is 0 Å². The van der Waals surface area contributed by atoms with Crippen LogP contribution in [0.4, 0.5) is 5.82 Å². The van der Waals surface area contributed by atoms with E-state index in [1.807, 2.05) is 0 Å². The van der Waals surface area contributed by atoms with Gasteiger partial charge in [0.25, 0.3) is 5.56 Å². The largest absolute Gasteiger partial charge is 0.378 e. The molecule has 22 heavy (non-hydrogen) atoms. The molecule has 0 aromatic carbocycles. The Morgan fingerprint density at radius 1 is 1.41 bits per heavy atom. The van der Waals surface area contributed by atoms with E-state index in [2.05, 4.69) is 18.8 Å². The maximum Gasteiger partial charge on any atom is 0.293 e. The monoisotopic (exact) mass is 308 g/mol. The Balaban J connectivity index is 2.07. The van der Waals surface area contributed by atoms with Crippen LogP contribution in [0.1, 0.15) is 13.8 Å². The Labute approximate surface area is 130 Å². The highest BCUT2D eigenvalue weighted by molar-refractivity contribution is 5.81. The van der Waals surface area contributed by atoms with Gasteiger partial charge in [-0.2, -0.15) is 0 Å². The van der Waals surface area contributed by atoms with E-state index in [-0.39, 0.29) is 18.0 Å². The summed E-state index contributed by atoms with van der Waals surface area (Å²) in [5, 5.41) is 0. The number of ether oxygens (including phenoxy) is 1. The maximum atomic E-state index is 12.4. The number of likely N-dealkylation sites (N-methyl/N-ethyl adjacent to an activating group) is 1. The normalized spacial score (nSPS) is 15.2. The van der Waals surface area contributed by atoms with Gasteiger partial charge in [0.15, 0.2) is 5.82 Å². The summed E-state index contributed by atoms with van der Waals surface area (Å²) in [5.41, 5.74) is -0.159. The van der Waals surface area contributed by atoms with E-state index in [1.54, 1.807) is 33.8 Å². The number of nitrogens with zero attached hydrogens (tertiary/aromatic N) is 4. The summed E-state index contributed by atoms with van der Waals surface area (Å²) in [6, 6.07) is 0. The van der Waals surface area contributed by atoms with Crippen molar-refractivity contribution in [1.29, 1.82) is 0 Å². The third-order valence-corrected chi connectivity index (χ3v) is 3.56. The van der Waals surface area contributed by atoms with Crippen molar-refractivity contribution in [2.24, 2.45) is 5.92 Å². The third kappa shape index (κ3) is 4.07. The predicted octanol–water partition coefficient (Wildman–Crippen LogP) is 0.194. The minimum atomic E-state index is -0.159. The van der Waals surface area contributed by atoms with Crippen LogP contribution in [0.3, 0.4) is 0 Å². The molecule has 0 bridgehead atoms. The molecule has 122 valence electrons. The Bertz CT molecular complexity index is 564. The Kier molecular flexibility index (Phi) is 5.54. The number of aromatic nitrogens is 2. The summed E-state index contributed by atoms with van der Waals surface area (Å²) < 4.78 is 6.88. The standard InChI is InChI=1S/C15H24N4O3/c1-12(2)10-19-5-4-16-14(15(19)21)17(3)11-13(20)18-6-8-22-9-7-18/h4-5,12H,6-11H2,1-3H3. The molecule has 1 amide bonds. The molecule has 1 aliphatic heterocycles. The number of carbonyl (C=O) groups is 1. The Morgan fingerprint density at radius 3 is 2.73 bits per heavy atom. The van der Waals surface area contributed by atoms with E-state index in [4.69, 9.17) is 4.74 Å². The highest BCUT2D eigenvalue weighted by Gasteiger charge is 2.20. The SMILES string of the molecule is CC(C)Cn1ccnc(N(C)CC(=O)N2CCOCC2)c1=O. The van der Waals surface area contributed by atoms with Gasteiger partial charge in [0.05, 0.1) is 19.8 Å². The molecule has 1 aromatic rings. The molecule has 1 saturated heterocycles. The van der Waals surface area contributed by atoms with E-state index in [0.717, 1.165) is 0 Å². The lowest BCUT2D eigenvalue weighted by Crippen LogP contribution is -2.46. The number of amides is 1. The summed E-state index contributed by atoms with van der Waals surface area (Å²) in [6.07, 6.45) is 3.29. The first kappa shape index (κ1) is 16.5. The van der Waals surface area contributed by atoms with Crippen molar-refractivity contribution in [1.82, 2.24) is 14.5 Å². The van der Waals surface area contributed by atoms with E-state index in [9.17, 15) is 9.59 Å². The van der Waals surface area contributed by atoms with Crippen LogP contribution in [-0.4, -0.2) is 60.3 Å². The smallest absolute Gasteiger partial charge is 0.293 e. The lowest BCUT2D eigenvalue weighted by atomic mass is 10.2. The fourth-order valence-corrected chi connectivity index (χ4v) is 2.43. The fourth-order valence-electron chi connectivity index (χ4n) is 2.43. The molecule has 0 unspecified atom stereocenters. The molecule has 0 spiro atoms. The molecule has 2 rings (SSSR count). The molecule has 1 aliphatic rings. The summed E-state index contributed by atoms with van der Waals surface area (Å²) in [7, 11) is 1.72. The van der Waals surface area contributed by atoms with Crippen LogP contribution >= 0.6 is 0 Å². The van der Waals surface area contributed by atoms with Crippen LogP contribution in [0.5, 0.6) is 0 Å². The summed E-state index contributed by atoms with van der Waals surface area (Å²) in [6.45, 7) is 7.24. The zero-order valence-electron chi connectivity index (χ0n) is 13.5. The molecular formula is C15H24N4O3. The highest BCUT2D eigenvalue weighted by Crippen LogP contribution is 2.05. The lowest BCUT2D eigenvalue weighted by molar-refractivity contribution is -0.133. The average Bonchev–Trinajstić information content (AvgIpc) is 2.49. The molecule has 1 aromatic heterocycles. The fraction of sp³-hybridized carbons (Fsp3) is 0.667. The number of morpholine rings is 1. The molecule has 0 radical (unpaired) electrons. The number of hydrogen-bond donors (Lipinski definition) is 0. The van der Waals surface area contributed by atoms with Crippen molar-refractivity contribution >= 4 is 11.7 Å². The van der Waals surface area contributed by atoms with Crippen LogP contribution in [0.15, 0.2) is 17.2 Å². The van der Waals surface area contributed by atoms with Crippen LogP contribution in [-0.2, 0) is 16.1 Å². The first-order chi connectivity index (χ1) is 10.5. The Morgan fingerprint density at radius 2 is 2.09 bits per heavy atom. The highest BCUT2D eigenvalue weighted by atomic mass is 16.5. The average molecular weight is 308 g/mol. The lowest BCUT2D eigenvalue weighted by Gasteiger charge is -2.28. The van der Waals surface area contributed by atoms with Crippen LogP contribution in [0.25, 0.3) is 0 Å². The second-order valence-electron chi connectivity index (χ2n) is 5.95. The zero-order chi connectivity index (χ0) is 16.1. The van der Waals surface area contributed by atoms with Crippen molar-refractivity contribution in [2.45, 2.75) is 20.4 Å². The van der Waals surface area contributed by atoms with Gasteiger partial charge in [-0.1, -0.05) is 13.8 Å². The molecule has 0 atom stereocenters. The number of rotatable bonds is 5. The van der Waals surface area contributed by atoms with Crippen molar-refractivity contribution in [3.8, 4) is 0 Å². The molecule has 7 heteroatoms. The molecule has 7 nitrogen and oxygen atoms in total. The minimum Gasteiger partial charge on any atom is -0.378 e. The van der Waals surface area contributed by atoms with E-state index in [0.29, 0.717) is 44.6 Å². The predicted molar refractivity (Wildman–Crippen MR) is 84.0 cm³/mol. The summed E-state index contributed by atoms with van der Waals surface area (Å²) >= 11 is 0. The van der Waals surface area contributed by atoms with Gasteiger partial charge >= 0.3 is 0 Å². The van der Waals surface area contributed by atoms with Crippen LogP contribution < -0.4 is 10.5 Å². The van der Waals surface area contributed by atoms with Crippen LogP contribution in [0, 0.1) is 5.92 Å². The summed E-state index contributed by atoms with van der Waals surface area (Å²) in [4.78, 5) is 32.2. The first-order valence-electron chi connectivity index (χ1n) is 7.61. The van der Waals surface area contributed by atoms with Crippen molar-refractivity contribution in [3.05, 3.63) is 22.7 Å². The van der Waals surface area contributed by atoms with E-state index in [1.165, 1.54) is 0 Å². The molecule has 0 N–H and O–H groups in total. The Hall–Kier alpha value is -1.89. The number of carbonyl (C=O) groups excluding carboxylic acids is 1. The summed E-state index contributed by atoms with van der Waals surface area (Å²) in [5.74, 6) is 0.671. The van der Waals surface area contributed by atoms with Gasteiger partial charge in [-0.15, -0.1) is 0 Å². The third-order valence-electron chi connectivity index (χ3n) is 3.56. The van der Waals surface area contributed by atoms with Gasteiger partial charge in [-0.25, -0.2) is 4.98 Å². The van der Waals surface area contributed by atoms with Gasteiger partial charge < -0.3 is 19.1 Å². The minimum absolute atomic E-state index is 0.00809. The van der Waals surface area contributed by atoms with E-state index >= 15 is 0 Å². The first-order valence-corrected chi connectivity index (χ1v) is 7.61. The second-order valence-corrected chi connectivity index (χ2v) is 5.95. The zero-order valence-corrected chi connectivity index (χ0v) is 13.5.